The van der Waals surface area contributed by atoms with E-state index in [2.05, 4.69) is 11.7 Å². The lowest BCUT2D eigenvalue weighted by Gasteiger charge is -2.21. The highest BCUT2D eigenvalue weighted by atomic mass is 16.6. The average Bonchev–Trinajstić information content (AvgIpc) is 2.51. The molecule has 6 heteroatoms. The zero-order valence-corrected chi connectivity index (χ0v) is 14.0. The minimum absolute atomic E-state index is 0.135. The number of hydrogen-bond donors (Lipinski definition) is 1. The fourth-order valence-corrected chi connectivity index (χ4v) is 2.26. The highest BCUT2D eigenvalue weighted by molar-refractivity contribution is 5.75. The fourth-order valence-electron chi connectivity index (χ4n) is 2.26. The van der Waals surface area contributed by atoms with Gasteiger partial charge in [-0.25, -0.2) is 9.59 Å². The molecule has 0 heterocycles. The van der Waals surface area contributed by atoms with E-state index >= 15 is 0 Å². The Morgan fingerprint density at radius 1 is 1.05 bits per heavy atom. The quantitative estimate of drug-likeness (QED) is 0.392. The van der Waals surface area contributed by atoms with Crippen molar-refractivity contribution in [2.75, 3.05) is 20.8 Å². The zero-order valence-electron chi connectivity index (χ0n) is 14.0. The van der Waals surface area contributed by atoms with Crippen LogP contribution in [0.5, 0.6) is 0 Å². The summed E-state index contributed by atoms with van der Waals surface area (Å²) in [6.45, 7) is 1.66. The smallest absolute Gasteiger partial charge is 0.335 e. The number of carboxylic acid groups (broad SMARTS) is 1. The molecule has 6 nitrogen and oxygen atoms in total. The first kappa shape index (κ1) is 20.9. The van der Waals surface area contributed by atoms with Crippen molar-refractivity contribution in [3.05, 3.63) is 0 Å². The van der Waals surface area contributed by atoms with E-state index in [1.807, 2.05) is 0 Å². The summed E-state index contributed by atoms with van der Waals surface area (Å²) in [5.74, 6) is -1.68. The van der Waals surface area contributed by atoms with Crippen LogP contribution in [0.2, 0.25) is 0 Å². The molecule has 0 amide bonds. The molecule has 0 saturated carbocycles. The van der Waals surface area contributed by atoms with Crippen LogP contribution < -0.4 is 0 Å². The number of ether oxygens (including phenoxy) is 3. The Morgan fingerprint density at radius 3 is 2.23 bits per heavy atom. The first-order valence-corrected chi connectivity index (χ1v) is 7.99. The molecule has 0 rings (SSSR count). The van der Waals surface area contributed by atoms with Crippen LogP contribution in [-0.4, -0.2) is 50.1 Å². The predicted octanol–water partition coefficient (Wildman–Crippen LogP) is 2.78. The average molecular weight is 318 g/mol. The fraction of sp³-hybridized carbons (Fsp3) is 0.875. The van der Waals surface area contributed by atoms with E-state index in [4.69, 9.17) is 14.6 Å². The molecule has 0 aromatic rings. The van der Waals surface area contributed by atoms with Crippen LogP contribution in [-0.2, 0) is 23.8 Å². The Hall–Kier alpha value is -1.14. The lowest BCUT2D eigenvalue weighted by atomic mass is 10.0. The van der Waals surface area contributed by atoms with Gasteiger partial charge in [0.05, 0.1) is 13.2 Å². The number of aliphatic carboxylic acids is 1. The summed E-state index contributed by atoms with van der Waals surface area (Å²) in [5, 5.41) is 8.64. The molecular formula is C16H30O6. The molecule has 22 heavy (non-hydrogen) atoms. The van der Waals surface area contributed by atoms with Crippen LogP contribution in [0.3, 0.4) is 0 Å². The summed E-state index contributed by atoms with van der Waals surface area (Å²) in [6.07, 6.45) is 7.21. The second kappa shape index (κ2) is 13.5. The van der Waals surface area contributed by atoms with Gasteiger partial charge in [-0.3, -0.25) is 0 Å². The van der Waals surface area contributed by atoms with E-state index in [1.54, 1.807) is 7.11 Å². The maximum Gasteiger partial charge on any atom is 0.335 e. The standard InChI is InChI=1S/C16H30O6/c1-4-5-6-7-8-9-10-13(20-2)11-14(16(19)21-3)22-12-15(17)18/h13-14H,4-12H2,1-3H3,(H,17,18). The van der Waals surface area contributed by atoms with Crippen LogP contribution >= 0.6 is 0 Å². The third-order valence-corrected chi connectivity index (χ3v) is 3.56. The predicted molar refractivity (Wildman–Crippen MR) is 82.8 cm³/mol. The highest BCUT2D eigenvalue weighted by Crippen LogP contribution is 2.15. The Balaban J connectivity index is 4.15. The molecule has 0 aliphatic carbocycles. The van der Waals surface area contributed by atoms with E-state index in [0.717, 1.165) is 19.3 Å². The van der Waals surface area contributed by atoms with Gasteiger partial charge in [0.25, 0.3) is 0 Å². The molecule has 0 aromatic heterocycles. The maximum atomic E-state index is 11.6. The van der Waals surface area contributed by atoms with Crippen LogP contribution in [0.1, 0.15) is 58.3 Å². The number of carbonyl (C=O) groups is 2. The summed E-state index contributed by atoms with van der Waals surface area (Å²) < 4.78 is 15.1. The van der Waals surface area contributed by atoms with E-state index < -0.39 is 24.6 Å². The Kier molecular flexibility index (Phi) is 12.8. The highest BCUT2D eigenvalue weighted by Gasteiger charge is 2.25. The molecule has 0 aromatic carbocycles. The summed E-state index contributed by atoms with van der Waals surface area (Å²) in [6, 6.07) is 0. The molecule has 0 fully saturated rings. The minimum atomic E-state index is -1.11. The van der Waals surface area contributed by atoms with E-state index in [1.165, 1.54) is 32.8 Å². The molecule has 0 spiro atoms. The number of hydrogen-bond acceptors (Lipinski definition) is 5. The van der Waals surface area contributed by atoms with Crippen LogP contribution in [0.15, 0.2) is 0 Å². The number of methoxy groups -OCH3 is 2. The maximum absolute atomic E-state index is 11.6. The first-order chi connectivity index (χ1) is 10.5. The number of carbonyl (C=O) groups excluding carboxylic acids is 1. The van der Waals surface area contributed by atoms with Gasteiger partial charge >= 0.3 is 11.9 Å². The third kappa shape index (κ3) is 10.6. The normalized spacial score (nSPS) is 13.6. The molecule has 2 atom stereocenters. The van der Waals surface area contributed by atoms with Gasteiger partial charge in [0, 0.05) is 13.5 Å². The second-order valence-corrected chi connectivity index (χ2v) is 5.37. The van der Waals surface area contributed by atoms with Crippen molar-refractivity contribution in [1.29, 1.82) is 0 Å². The van der Waals surface area contributed by atoms with Crippen molar-refractivity contribution in [2.45, 2.75) is 70.5 Å². The minimum Gasteiger partial charge on any atom is -0.480 e. The summed E-state index contributed by atoms with van der Waals surface area (Å²) >= 11 is 0. The number of rotatable bonds is 14. The summed E-state index contributed by atoms with van der Waals surface area (Å²) in [7, 11) is 2.85. The Bertz CT molecular complexity index is 305. The van der Waals surface area contributed by atoms with E-state index in [-0.39, 0.29) is 6.10 Å². The van der Waals surface area contributed by atoms with Gasteiger partial charge in [-0.2, -0.15) is 0 Å². The van der Waals surface area contributed by atoms with Crippen molar-refractivity contribution in [3.63, 3.8) is 0 Å². The summed E-state index contributed by atoms with van der Waals surface area (Å²) in [5.41, 5.74) is 0. The largest absolute Gasteiger partial charge is 0.480 e. The monoisotopic (exact) mass is 318 g/mol. The van der Waals surface area contributed by atoms with Crippen molar-refractivity contribution in [2.24, 2.45) is 0 Å². The number of carboxylic acids is 1. The molecule has 0 aliphatic heterocycles. The van der Waals surface area contributed by atoms with Gasteiger partial charge in [0.15, 0.2) is 6.10 Å². The lowest BCUT2D eigenvalue weighted by molar-refractivity contribution is -0.161. The van der Waals surface area contributed by atoms with Crippen molar-refractivity contribution in [1.82, 2.24) is 0 Å². The van der Waals surface area contributed by atoms with E-state index in [0.29, 0.717) is 6.42 Å². The zero-order chi connectivity index (χ0) is 16.8. The van der Waals surface area contributed by atoms with Gasteiger partial charge in [-0.15, -0.1) is 0 Å². The Morgan fingerprint density at radius 2 is 1.68 bits per heavy atom. The molecule has 0 bridgehead atoms. The third-order valence-electron chi connectivity index (χ3n) is 3.56. The van der Waals surface area contributed by atoms with Crippen LogP contribution in [0, 0.1) is 0 Å². The summed E-state index contributed by atoms with van der Waals surface area (Å²) in [4.78, 5) is 22.2. The molecule has 130 valence electrons. The SMILES string of the molecule is CCCCCCCCC(CC(OCC(=O)O)C(=O)OC)OC. The molecule has 1 N–H and O–H groups in total. The van der Waals surface area contributed by atoms with Crippen molar-refractivity contribution in [3.8, 4) is 0 Å². The number of esters is 1. The van der Waals surface area contributed by atoms with Crippen molar-refractivity contribution >= 4 is 11.9 Å². The first-order valence-electron chi connectivity index (χ1n) is 7.99. The second-order valence-electron chi connectivity index (χ2n) is 5.37. The van der Waals surface area contributed by atoms with Gasteiger partial charge in [0.1, 0.15) is 6.61 Å². The molecule has 0 aliphatic rings. The van der Waals surface area contributed by atoms with Crippen molar-refractivity contribution < 1.29 is 28.9 Å². The van der Waals surface area contributed by atoms with Gasteiger partial charge in [-0.1, -0.05) is 45.4 Å². The Labute approximate surface area is 133 Å². The molecule has 0 saturated heterocycles. The molecular weight excluding hydrogens is 288 g/mol. The van der Waals surface area contributed by atoms with Gasteiger partial charge < -0.3 is 19.3 Å². The van der Waals surface area contributed by atoms with Gasteiger partial charge in [0.2, 0.25) is 0 Å². The molecule has 2 unspecified atom stereocenters. The lowest BCUT2D eigenvalue weighted by Crippen LogP contribution is -2.32. The number of unbranched alkanes of at least 4 members (excludes halogenated alkanes) is 5. The van der Waals surface area contributed by atoms with Crippen LogP contribution in [0.4, 0.5) is 0 Å². The van der Waals surface area contributed by atoms with E-state index in [9.17, 15) is 9.59 Å². The molecule has 0 radical (unpaired) electrons. The topological polar surface area (TPSA) is 82.1 Å². The van der Waals surface area contributed by atoms with Gasteiger partial charge in [-0.05, 0) is 6.42 Å². The van der Waals surface area contributed by atoms with Crippen LogP contribution in [0.25, 0.3) is 0 Å².